The number of fused-ring (bicyclic) bond motifs is 1. The molecule has 8 heteroatoms. The van der Waals surface area contributed by atoms with Gasteiger partial charge in [0.15, 0.2) is 11.5 Å². The zero-order valence-corrected chi connectivity index (χ0v) is 23.6. The zero-order chi connectivity index (χ0) is 28.4. The maximum Gasteiger partial charge on any atom is 0.273 e. The van der Waals surface area contributed by atoms with E-state index in [0.717, 1.165) is 40.0 Å². The van der Waals surface area contributed by atoms with E-state index in [1.165, 1.54) is 0 Å². The number of amides is 1. The molecule has 5 rings (SSSR count). The number of ether oxygens (including phenoxy) is 3. The van der Waals surface area contributed by atoms with Crippen molar-refractivity contribution in [1.29, 1.82) is 0 Å². The highest BCUT2D eigenvalue weighted by Crippen LogP contribution is 2.46. The molecule has 1 aromatic heterocycles. The highest BCUT2D eigenvalue weighted by Gasteiger charge is 2.42. The van der Waals surface area contributed by atoms with Gasteiger partial charge in [0.2, 0.25) is 0 Å². The molecule has 1 aliphatic heterocycles. The van der Waals surface area contributed by atoms with Gasteiger partial charge in [0.25, 0.3) is 5.91 Å². The Morgan fingerprint density at radius 3 is 2.42 bits per heavy atom. The van der Waals surface area contributed by atoms with Gasteiger partial charge in [-0.1, -0.05) is 31.2 Å². The van der Waals surface area contributed by atoms with Crippen molar-refractivity contribution in [2.75, 3.05) is 27.4 Å². The number of nitrogens with one attached hydrogen (secondary N) is 1. The van der Waals surface area contributed by atoms with Crippen molar-refractivity contribution in [3.05, 3.63) is 88.1 Å². The number of H-pyrrole nitrogens is 1. The minimum atomic E-state index is -0.392. The van der Waals surface area contributed by atoms with Crippen LogP contribution < -0.4 is 14.2 Å². The van der Waals surface area contributed by atoms with Crippen molar-refractivity contribution in [2.24, 2.45) is 0 Å². The number of benzene rings is 3. The van der Waals surface area contributed by atoms with Gasteiger partial charge >= 0.3 is 0 Å². The molecule has 0 bridgehead atoms. The molecule has 4 aromatic rings. The van der Waals surface area contributed by atoms with Crippen molar-refractivity contribution in [1.82, 2.24) is 15.1 Å². The third-order valence-corrected chi connectivity index (χ3v) is 7.32. The maximum absolute atomic E-state index is 13.8. The number of phenols is 1. The lowest BCUT2D eigenvalue weighted by atomic mass is 9.93. The van der Waals surface area contributed by atoms with Gasteiger partial charge in [-0.2, -0.15) is 5.10 Å². The predicted octanol–water partition coefficient (Wildman–Crippen LogP) is 5.99. The first-order valence-electron chi connectivity index (χ1n) is 13.5. The van der Waals surface area contributed by atoms with Crippen LogP contribution in [-0.2, 0) is 6.42 Å². The largest absolute Gasteiger partial charge is 0.507 e. The molecule has 2 N–H and O–H groups in total. The van der Waals surface area contributed by atoms with E-state index in [1.54, 1.807) is 20.3 Å². The highest BCUT2D eigenvalue weighted by atomic mass is 16.5. The first-order valence-corrected chi connectivity index (χ1v) is 13.5. The van der Waals surface area contributed by atoms with E-state index in [4.69, 9.17) is 14.2 Å². The fourth-order valence-corrected chi connectivity index (χ4v) is 5.47. The summed E-state index contributed by atoms with van der Waals surface area (Å²) >= 11 is 0. The topological polar surface area (TPSA) is 96.9 Å². The number of aromatic nitrogens is 2. The lowest BCUT2D eigenvalue weighted by Gasteiger charge is -2.27. The fraction of sp³-hybridized carbons (Fsp3) is 0.312. The third-order valence-electron chi connectivity index (χ3n) is 7.32. The number of hydrogen-bond donors (Lipinski definition) is 2. The van der Waals surface area contributed by atoms with Gasteiger partial charge in [0.1, 0.15) is 22.9 Å². The number of phenolic OH excluding ortho intramolecular Hbond substituents is 1. The molecule has 0 saturated carbocycles. The van der Waals surface area contributed by atoms with Gasteiger partial charge in [-0.05, 0) is 79.3 Å². The van der Waals surface area contributed by atoms with E-state index in [1.807, 2.05) is 67.3 Å². The number of aryl methyl sites for hydroxylation is 2. The van der Waals surface area contributed by atoms with Gasteiger partial charge in [-0.15, -0.1) is 0 Å². The Kier molecular flexibility index (Phi) is 7.69. The van der Waals surface area contributed by atoms with E-state index in [9.17, 15) is 9.90 Å². The molecule has 1 aliphatic rings. The average Bonchev–Trinajstić information content (AvgIpc) is 3.48. The molecule has 40 heavy (non-hydrogen) atoms. The number of aromatic hydroxyl groups is 1. The second kappa shape index (κ2) is 11.3. The fourth-order valence-electron chi connectivity index (χ4n) is 5.47. The molecule has 1 unspecified atom stereocenters. The molecule has 0 saturated heterocycles. The van der Waals surface area contributed by atoms with Crippen LogP contribution in [0.3, 0.4) is 0 Å². The second-order valence-electron chi connectivity index (χ2n) is 10.1. The lowest BCUT2D eigenvalue weighted by Crippen LogP contribution is -2.31. The standard InChI is InChI=1S/C32H35N3O5/c1-6-15-40-23-10-8-22(9-11-23)31-28-29(27-20(3)16-19(2)17-24(27)36)33-34-30(28)32(37)35(31)14-13-21-7-12-25(38-4)26(18-21)39-5/h7-12,16-18,31,36H,6,13-15H2,1-5H3,(H,33,34). The van der Waals surface area contributed by atoms with Crippen LogP contribution in [0, 0.1) is 13.8 Å². The minimum absolute atomic E-state index is 0.130. The monoisotopic (exact) mass is 541 g/mol. The summed E-state index contributed by atoms with van der Waals surface area (Å²) in [4.78, 5) is 15.7. The van der Waals surface area contributed by atoms with Gasteiger partial charge in [-0.3, -0.25) is 9.89 Å². The molecular formula is C32H35N3O5. The SMILES string of the molecule is CCCOc1ccc(C2c3c(-c4c(C)cc(C)cc4O)n[nH]c3C(=O)N2CCc2ccc(OC)c(OC)c2)cc1. The Bertz CT molecular complexity index is 1500. The Balaban J connectivity index is 1.55. The summed E-state index contributed by atoms with van der Waals surface area (Å²) in [5, 5.41) is 18.5. The van der Waals surface area contributed by atoms with E-state index in [-0.39, 0.29) is 11.7 Å². The maximum atomic E-state index is 13.8. The van der Waals surface area contributed by atoms with Crippen LogP contribution in [0.2, 0.25) is 0 Å². The Morgan fingerprint density at radius 2 is 1.75 bits per heavy atom. The number of carbonyl (C=O) groups is 1. The average molecular weight is 542 g/mol. The van der Waals surface area contributed by atoms with E-state index < -0.39 is 6.04 Å². The summed E-state index contributed by atoms with van der Waals surface area (Å²) in [6.45, 7) is 7.06. The number of aromatic amines is 1. The normalized spacial score (nSPS) is 14.4. The third kappa shape index (κ3) is 4.97. The molecule has 2 heterocycles. The molecule has 1 amide bonds. The predicted molar refractivity (Wildman–Crippen MR) is 154 cm³/mol. The lowest BCUT2D eigenvalue weighted by molar-refractivity contribution is 0.0746. The van der Waals surface area contributed by atoms with Gasteiger partial charge in [0, 0.05) is 17.7 Å². The first kappa shape index (κ1) is 27.1. The van der Waals surface area contributed by atoms with E-state index in [2.05, 4.69) is 17.1 Å². The Labute approximate surface area is 234 Å². The van der Waals surface area contributed by atoms with Crippen LogP contribution in [0.1, 0.15) is 57.7 Å². The molecule has 8 nitrogen and oxygen atoms in total. The van der Waals surface area contributed by atoms with Crippen LogP contribution in [0.5, 0.6) is 23.0 Å². The van der Waals surface area contributed by atoms with Crippen LogP contribution in [0.15, 0.2) is 54.6 Å². The van der Waals surface area contributed by atoms with Crippen LogP contribution in [-0.4, -0.2) is 53.5 Å². The Hall–Kier alpha value is -4.46. The summed E-state index contributed by atoms with van der Waals surface area (Å²) in [5.74, 6) is 2.10. The molecule has 0 radical (unpaired) electrons. The zero-order valence-electron chi connectivity index (χ0n) is 23.6. The van der Waals surface area contributed by atoms with Crippen molar-refractivity contribution in [3.63, 3.8) is 0 Å². The molecule has 0 fully saturated rings. The number of methoxy groups -OCH3 is 2. The minimum Gasteiger partial charge on any atom is -0.507 e. The van der Waals surface area contributed by atoms with Gasteiger partial charge < -0.3 is 24.2 Å². The quantitative estimate of drug-likeness (QED) is 0.256. The smallest absolute Gasteiger partial charge is 0.273 e. The number of rotatable bonds is 10. The molecular weight excluding hydrogens is 506 g/mol. The van der Waals surface area contributed by atoms with Crippen molar-refractivity contribution in [2.45, 2.75) is 39.7 Å². The second-order valence-corrected chi connectivity index (χ2v) is 10.1. The first-order chi connectivity index (χ1) is 19.4. The van der Waals surface area contributed by atoms with Crippen LogP contribution in [0.25, 0.3) is 11.3 Å². The summed E-state index contributed by atoms with van der Waals surface area (Å²) in [6.07, 6.45) is 1.53. The van der Waals surface area contributed by atoms with Crippen LogP contribution in [0.4, 0.5) is 0 Å². The highest BCUT2D eigenvalue weighted by molar-refractivity contribution is 6.00. The van der Waals surface area contributed by atoms with Gasteiger partial charge in [0.05, 0.1) is 26.9 Å². The molecule has 0 aliphatic carbocycles. The van der Waals surface area contributed by atoms with E-state index >= 15 is 0 Å². The number of nitrogens with zero attached hydrogens (tertiary/aromatic N) is 2. The summed E-state index contributed by atoms with van der Waals surface area (Å²) < 4.78 is 16.7. The van der Waals surface area contributed by atoms with Crippen molar-refractivity contribution < 1.29 is 24.1 Å². The van der Waals surface area contributed by atoms with Crippen LogP contribution >= 0.6 is 0 Å². The summed E-state index contributed by atoms with van der Waals surface area (Å²) in [7, 11) is 3.22. The summed E-state index contributed by atoms with van der Waals surface area (Å²) in [6, 6.07) is 17.0. The molecule has 0 spiro atoms. The van der Waals surface area contributed by atoms with Crippen molar-refractivity contribution >= 4 is 5.91 Å². The number of carbonyl (C=O) groups excluding carboxylic acids is 1. The summed E-state index contributed by atoms with van der Waals surface area (Å²) in [5.41, 5.74) is 6.24. The van der Waals surface area contributed by atoms with E-state index in [0.29, 0.717) is 48.0 Å². The molecule has 1 atom stereocenters. The van der Waals surface area contributed by atoms with Crippen molar-refractivity contribution in [3.8, 4) is 34.3 Å². The Morgan fingerprint density at radius 1 is 1.00 bits per heavy atom. The number of hydrogen-bond acceptors (Lipinski definition) is 6. The molecule has 208 valence electrons. The molecule has 3 aromatic carbocycles. The van der Waals surface area contributed by atoms with Gasteiger partial charge in [-0.25, -0.2) is 0 Å².